The van der Waals surface area contributed by atoms with Gasteiger partial charge in [0.1, 0.15) is 0 Å². The van der Waals surface area contributed by atoms with E-state index in [2.05, 4.69) is 0 Å². The van der Waals surface area contributed by atoms with Crippen LogP contribution in [0.1, 0.15) is 24.5 Å². The van der Waals surface area contributed by atoms with Crippen LogP contribution in [0.25, 0.3) is 0 Å². The molecule has 0 aromatic heterocycles. The average Bonchev–Trinajstić information content (AvgIpc) is 2.28. The fraction of sp³-hybridized carbons (Fsp3) is 0.500. The molecule has 1 aromatic rings. The molecule has 1 aromatic carbocycles. The Hall–Kier alpha value is -1.39. The first-order valence-electron chi connectivity index (χ1n) is 6.15. The molecule has 1 unspecified atom stereocenters. The van der Waals surface area contributed by atoms with Crippen LogP contribution in [0.5, 0.6) is 0 Å². The standard InChI is InChI=1S/C14H21NO3/c1-11-5-3-4-6-13(11)10-15(9-12(2)16)8-7-14(17)18/h3-6,12,16H,7-10H2,1-2H3,(H,17,18). The summed E-state index contributed by atoms with van der Waals surface area (Å²) in [5.74, 6) is -0.810. The van der Waals surface area contributed by atoms with Crippen LogP contribution in [0.2, 0.25) is 0 Å². The van der Waals surface area contributed by atoms with E-state index in [4.69, 9.17) is 5.11 Å². The van der Waals surface area contributed by atoms with Crippen LogP contribution in [0.3, 0.4) is 0 Å². The van der Waals surface area contributed by atoms with E-state index in [0.717, 1.165) is 0 Å². The molecule has 18 heavy (non-hydrogen) atoms. The monoisotopic (exact) mass is 251 g/mol. The Balaban J connectivity index is 2.65. The molecule has 0 aliphatic rings. The Kier molecular flexibility index (Phi) is 5.82. The first kappa shape index (κ1) is 14.7. The number of rotatable bonds is 7. The van der Waals surface area contributed by atoms with E-state index in [9.17, 15) is 9.90 Å². The number of hydrogen-bond acceptors (Lipinski definition) is 3. The molecule has 0 bridgehead atoms. The normalized spacial score (nSPS) is 12.7. The zero-order valence-electron chi connectivity index (χ0n) is 11.0. The summed E-state index contributed by atoms with van der Waals surface area (Å²) in [6.45, 7) is 5.36. The van der Waals surface area contributed by atoms with Crippen LogP contribution < -0.4 is 0 Å². The topological polar surface area (TPSA) is 60.8 Å². The smallest absolute Gasteiger partial charge is 0.304 e. The van der Waals surface area contributed by atoms with Crippen molar-refractivity contribution in [3.05, 3.63) is 35.4 Å². The van der Waals surface area contributed by atoms with Crippen molar-refractivity contribution in [2.75, 3.05) is 13.1 Å². The molecule has 100 valence electrons. The van der Waals surface area contributed by atoms with Gasteiger partial charge in [-0.25, -0.2) is 0 Å². The third-order valence-corrected chi connectivity index (χ3v) is 2.82. The molecule has 0 radical (unpaired) electrons. The predicted octanol–water partition coefficient (Wildman–Crippen LogP) is 1.65. The molecule has 0 aliphatic heterocycles. The van der Waals surface area contributed by atoms with Crippen molar-refractivity contribution < 1.29 is 15.0 Å². The maximum Gasteiger partial charge on any atom is 0.304 e. The molecular weight excluding hydrogens is 230 g/mol. The molecule has 0 aliphatic carbocycles. The van der Waals surface area contributed by atoms with Gasteiger partial charge in [-0.15, -0.1) is 0 Å². The highest BCUT2D eigenvalue weighted by molar-refractivity contribution is 5.66. The highest BCUT2D eigenvalue weighted by Crippen LogP contribution is 2.11. The van der Waals surface area contributed by atoms with Crippen LogP contribution in [0.15, 0.2) is 24.3 Å². The lowest BCUT2D eigenvalue weighted by Crippen LogP contribution is -2.32. The Labute approximate surface area is 108 Å². The molecule has 2 N–H and O–H groups in total. The van der Waals surface area contributed by atoms with Crippen molar-refractivity contribution in [2.45, 2.75) is 32.9 Å². The summed E-state index contributed by atoms with van der Waals surface area (Å²) in [4.78, 5) is 12.6. The lowest BCUT2D eigenvalue weighted by molar-refractivity contribution is -0.137. The predicted molar refractivity (Wildman–Crippen MR) is 70.4 cm³/mol. The molecule has 4 nitrogen and oxygen atoms in total. The maximum atomic E-state index is 10.6. The number of benzene rings is 1. The fourth-order valence-corrected chi connectivity index (χ4v) is 1.89. The highest BCUT2D eigenvalue weighted by Gasteiger charge is 2.11. The molecule has 0 heterocycles. The number of aliphatic carboxylic acids is 1. The van der Waals surface area contributed by atoms with Gasteiger partial charge in [0.25, 0.3) is 0 Å². The van der Waals surface area contributed by atoms with Crippen LogP contribution >= 0.6 is 0 Å². The highest BCUT2D eigenvalue weighted by atomic mass is 16.4. The van der Waals surface area contributed by atoms with E-state index in [1.165, 1.54) is 11.1 Å². The Morgan fingerprint density at radius 3 is 2.61 bits per heavy atom. The molecule has 0 saturated heterocycles. The Bertz CT molecular complexity index is 390. The molecule has 0 amide bonds. The van der Waals surface area contributed by atoms with Crippen LogP contribution in [-0.4, -0.2) is 40.3 Å². The van der Waals surface area contributed by atoms with E-state index in [1.54, 1.807) is 6.92 Å². The summed E-state index contributed by atoms with van der Waals surface area (Å²) in [6.07, 6.45) is -0.360. The van der Waals surface area contributed by atoms with Gasteiger partial charge in [-0.3, -0.25) is 9.69 Å². The number of carbonyl (C=O) groups is 1. The van der Waals surface area contributed by atoms with Crippen molar-refractivity contribution in [3.8, 4) is 0 Å². The van der Waals surface area contributed by atoms with E-state index in [0.29, 0.717) is 19.6 Å². The summed E-state index contributed by atoms with van der Waals surface area (Å²) >= 11 is 0. The van der Waals surface area contributed by atoms with Gasteiger partial charge >= 0.3 is 5.97 Å². The lowest BCUT2D eigenvalue weighted by atomic mass is 10.1. The summed E-state index contributed by atoms with van der Waals surface area (Å²) in [7, 11) is 0. The number of carboxylic acids is 1. The lowest BCUT2D eigenvalue weighted by Gasteiger charge is -2.23. The van der Waals surface area contributed by atoms with Gasteiger partial charge < -0.3 is 10.2 Å². The number of carboxylic acid groups (broad SMARTS) is 1. The number of aryl methyl sites for hydroxylation is 1. The number of aliphatic hydroxyl groups is 1. The van der Waals surface area contributed by atoms with Crippen molar-refractivity contribution in [1.29, 1.82) is 0 Å². The van der Waals surface area contributed by atoms with Crippen LogP contribution in [-0.2, 0) is 11.3 Å². The maximum absolute atomic E-state index is 10.6. The second-order valence-electron chi connectivity index (χ2n) is 4.65. The van der Waals surface area contributed by atoms with Crippen molar-refractivity contribution in [3.63, 3.8) is 0 Å². The van der Waals surface area contributed by atoms with E-state index in [1.807, 2.05) is 36.1 Å². The number of nitrogens with zero attached hydrogens (tertiary/aromatic N) is 1. The van der Waals surface area contributed by atoms with Crippen molar-refractivity contribution >= 4 is 5.97 Å². The summed E-state index contributed by atoms with van der Waals surface area (Å²) in [5.41, 5.74) is 2.35. The molecule has 4 heteroatoms. The van der Waals surface area contributed by atoms with Gasteiger partial charge in [0.15, 0.2) is 0 Å². The molecule has 0 spiro atoms. The fourth-order valence-electron chi connectivity index (χ4n) is 1.89. The Morgan fingerprint density at radius 2 is 2.06 bits per heavy atom. The van der Waals surface area contributed by atoms with Gasteiger partial charge in [0.05, 0.1) is 12.5 Å². The number of hydrogen-bond donors (Lipinski definition) is 2. The molecular formula is C14H21NO3. The minimum atomic E-state index is -0.810. The molecule has 0 saturated carbocycles. The molecule has 1 atom stereocenters. The SMILES string of the molecule is Cc1ccccc1CN(CCC(=O)O)CC(C)O. The van der Waals surface area contributed by atoms with Crippen LogP contribution in [0, 0.1) is 6.92 Å². The summed E-state index contributed by atoms with van der Waals surface area (Å²) < 4.78 is 0. The molecule has 0 fully saturated rings. The third-order valence-electron chi connectivity index (χ3n) is 2.82. The van der Waals surface area contributed by atoms with E-state index < -0.39 is 12.1 Å². The second-order valence-corrected chi connectivity index (χ2v) is 4.65. The minimum absolute atomic E-state index is 0.0958. The first-order valence-corrected chi connectivity index (χ1v) is 6.15. The van der Waals surface area contributed by atoms with E-state index >= 15 is 0 Å². The largest absolute Gasteiger partial charge is 0.481 e. The quantitative estimate of drug-likeness (QED) is 0.773. The zero-order chi connectivity index (χ0) is 13.5. The van der Waals surface area contributed by atoms with Crippen molar-refractivity contribution in [2.24, 2.45) is 0 Å². The second kappa shape index (κ2) is 7.13. The average molecular weight is 251 g/mol. The van der Waals surface area contributed by atoms with Gasteiger partial charge in [0.2, 0.25) is 0 Å². The number of aliphatic hydroxyl groups excluding tert-OH is 1. The first-order chi connectivity index (χ1) is 8.49. The third kappa shape index (κ3) is 5.29. The summed E-state index contributed by atoms with van der Waals surface area (Å²) in [5, 5.41) is 18.2. The minimum Gasteiger partial charge on any atom is -0.481 e. The van der Waals surface area contributed by atoms with Crippen molar-refractivity contribution in [1.82, 2.24) is 4.90 Å². The zero-order valence-corrected chi connectivity index (χ0v) is 11.0. The van der Waals surface area contributed by atoms with Gasteiger partial charge in [-0.2, -0.15) is 0 Å². The van der Waals surface area contributed by atoms with Gasteiger partial charge in [-0.1, -0.05) is 24.3 Å². The van der Waals surface area contributed by atoms with Crippen LogP contribution in [0.4, 0.5) is 0 Å². The van der Waals surface area contributed by atoms with Gasteiger partial charge in [-0.05, 0) is 25.0 Å². The Morgan fingerprint density at radius 1 is 1.39 bits per heavy atom. The molecule has 1 rings (SSSR count). The summed E-state index contributed by atoms with van der Waals surface area (Å²) in [6, 6.07) is 8.02. The van der Waals surface area contributed by atoms with E-state index in [-0.39, 0.29) is 6.42 Å². The van der Waals surface area contributed by atoms with Gasteiger partial charge in [0, 0.05) is 19.6 Å².